The van der Waals surface area contributed by atoms with Gasteiger partial charge in [0.2, 0.25) is 15.9 Å². The largest absolute Gasteiger partial charge is 0.494 e. The molecule has 0 unspecified atom stereocenters. The fourth-order valence-electron chi connectivity index (χ4n) is 2.82. The lowest BCUT2D eigenvalue weighted by Crippen LogP contribution is -2.45. The molecule has 1 N–H and O–H groups in total. The summed E-state index contributed by atoms with van der Waals surface area (Å²) in [6, 6.07) is 12.9. The van der Waals surface area contributed by atoms with Gasteiger partial charge in [0.1, 0.15) is 11.8 Å². The zero-order valence-electron chi connectivity index (χ0n) is 16.5. The van der Waals surface area contributed by atoms with Crippen LogP contribution in [-0.2, 0) is 26.2 Å². The van der Waals surface area contributed by atoms with Gasteiger partial charge in [0, 0.05) is 12.8 Å². The maximum absolute atomic E-state index is 12.7. The minimum absolute atomic E-state index is 0.390. The van der Waals surface area contributed by atoms with Crippen LogP contribution in [-0.4, -0.2) is 40.3 Å². The molecule has 0 aliphatic heterocycles. The first-order valence-electron chi connectivity index (χ1n) is 8.87. The van der Waals surface area contributed by atoms with Crippen molar-refractivity contribution in [2.45, 2.75) is 26.5 Å². The van der Waals surface area contributed by atoms with Gasteiger partial charge in [0.05, 0.1) is 25.2 Å². The van der Waals surface area contributed by atoms with Gasteiger partial charge in [-0.1, -0.05) is 12.1 Å². The van der Waals surface area contributed by atoms with Gasteiger partial charge in [-0.25, -0.2) is 8.42 Å². The van der Waals surface area contributed by atoms with Crippen molar-refractivity contribution >= 4 is 27.3 Å². The number of rotatable bonds is 9. The van der Waals surface area contributed by atoms with E-state index < -0.39 is 22.0 Å². The summed E-state index contributed by atoms with van der Waals surface area (Å²) in [5.41, 5.74) is 1.87. The molecule has 1 amide bonds. The number of carbonyl (C=O) groups is 1. The second-order valence-corrected chi connectivity index (χ2v) is 8.14. The van der Waals surface area contributed by atoms with Gasteiger partial charge in [-0.3, -0.25) is 9.10 Å². The Kier molecular flexibility index (Phi) is 7.42. The number of amides is 1. The van der Waals surface area contributed by atoms with Crippen LogP contribution >= 0.6 is 0 Å². The van der Waals surface area contributed by atoms with E-state index in [1.165, 1.54) is 0 Å². The number of nitrogens with zero attached hydrogens (tertiary/aromatic N) is 1. The van der Waals surface area contributed by atoms with E-state index in [4.69, 9.17) is 9.47 Å². The molecule has 2 aromatic rings. The third kappa shape index (κ3) is 5.71. The van der Waals surface area contributed by atoms with Crippen molar-refractivity contribution in [1.29, 1.82) is 0 Å². The van der Waals surface area contributed by atoms with Crippen LogP contribution in [0.4, 0.5) is 11.4 Å². The minimum Gasteiger partial charge on any atom is -0.494 e. The fourth-order valence-corrected chi connectivity index (χ4v) is 3.99. The molecule has 0 fully saturated rings. The molecule has 152 valence electrons. The lowest BCUT2D eigenvalue weighted by Gasteiger charge is -2.28. The second kappa shape index (κ2) is 9.57. The van der Waals surface area contributed by atoms with Gasteiger partial charge in [0.15, 0.2) is 0 Å². The summed E-state index contributed by atoms with van der Waals surface area (Å²) < 4.78 is 36.3. The van der Waals surface area contributed by atoms with Crippen molar-refractivity contribution < 1.29 is 22.7 Å². The second-order valence-electron chi connectivity index (χ2n) is 6.28. The Morgan fingerprint density at radius 1 is 1.18 bits per heavy atom. The van der Waals surface area contributed by atoms with E-state index in [1.807, 2.05) is 13.0 Å². The Balaban J connectivity index is 2.24. The Hall–Kier alpha value is -2.58. The molecule has 0 heterocycles. The molecular weight excluding hydrogens is 380 g/mol. The molecular formula is C20H26N2O5S. The monoisotopic (exact) mass is 406 g/mol. The summed E-state index contributed by atoms with van der Waals surface area (Å²) in [6.07, 6.45) is 1.08. The van der Waals surface area contributed by atoms with Crippen LogP contribution in [0, 0.1) is 0 Å². The first-order valence-corrected chi connectivity index (χ1v) is 10.7. The van der Waals surface area contributed by atoms with E-state index in [-0.39, 0.29) is 0 Å². The summed E-state index contributed by atoms with van der Waals surface area (Å²) in [5.74, 6) is 0.195. The van der Waals surface area contributed by atoms with Crippen LogP contribution in [0.1, 0.15) is 19.4 Å². The Morgan fingerprint density at radius 2 is 1.86 bits per heavy atom. The number of ether oxygens (including phenoxy) is 2. The summed E-state index contributed by atoms with van der Waals surface area (Å²) in [6.45, 7) is 4.34. The van der Waals surface area contributed by atoms with Gasteiger partial charge in [0.25, 0.3) is 0 Å². The number of anilines is 2. The van der Waals surface area contributed by atoms with Crippen LogP contribution < -0.4 is 14.4 Å². The molecule has 0 radical (unpaired) electrons. The number of benzene rings is 2. The van der Waals surface area contributed by atoms with E-state index in [0.717, 1.165) is 16.1 Å². The van der Waals surface area contributed by atoms with Crippen molar-refractivity contribution in [3.05, 3.63) is 54.1 Å². The molecule has 0 bridgehead atoms. The predicted molar refractivity (Wildman–Crippen MR) is 110 cm³/mol. The maximum Gasteiger partial charge on any atom is 0.247 e. The molecule has 0 aliphatic carbocycles. The van der Waals surface area contributed by atoms with Gasteiger partial charge >= 0.3 is 0 Å². The number of nitrogens with one attached hydrogen (secondary N) is 1. The van der Waals surface area contributed by atoms with Crippen molar-refractivity contribution in [1.82, 2.24) is 0 Å². The average molecular weight is 407 g/mol. The zero-order valence-corrected chi connectivity index (χ0v) is 17.3. The number of sulfonamides is 1. The molecule has 0 saturated heterocycles. The number of hydrogen-bond acceptors (Lipinski definition) is 5. The lowest BCUT2D eigenvalue weighted by molar-refractivity contribution is -0.116. The highest BCUT2D eigenvalue weighted by atomic mass is 32.2. The summed E-state index contributed by atoms with van der Waals surface area (Å²) in [7, 11) is -2.09. The minimum atomic E-state index is -3.68. The van der Waals surface area contributed by atoms with Gasteiger partial charge in [-0.05, 0) is 55.8 Å². The normalized spacial score (nSPS) is 12.3. The third-order valence-corrected chi connectivity index (χ3v) is 5.24. The zero-order chi connectivity index (χ0) is 20.7. The highest BCUT2D eigenvalue weighted by Crippen LogP contribution is 2.24. The van der Waals surface area contributed by atoms with E-state index in [0.29, 0.717) is 30.3 Å². The van der Waals surface area contributed by atoms with Crippen LogP contribution in [0.2, 0.25) is 0 Å². The molecule has 2 aromatic carbocycles. The first-order chi connectivity index (χ1) is 13.3. The molecule has 8 heteroatoms. The van der Waals surface area contributed by atoms with Crippen LogP contribution in [0.5, 0.6) is 5.75 Å². The highest BCUT2D eigenvalue weighted by molar-refractivity contribution is 7.92. The van der Waals surface area contributed by atoms with Crippen LogP contribution in [0.25, 0.3) is 0 Å². The fraction of sp³-hybridized carbons (Fsp3) is 0.350. The molecule has 28 heavy (non-hydrogen) atoms. The van der Waals surface area contributed by atoms with Crippen molar-refractivity contribution in [2.75, 3.05) is 29.6 Å². The van der Waals surface area contributed by atoms with Crippen molar-refractivity contribution in [2.24, 2.45) is 0 Å². The van der Waals surface area contributed by atoms with Crippen molar-refractivity contribution in [3.63, 3.8) is 0 Å². The number of hydrogen-bond donors (Lipinski definition) is 1. The molecule has 0 saturated carbocycles. The highest BCUT2D eigenvalue weighted by Gasteiger charge is 2.29. The van der Waals surface area contributed by atoms with Gasteiger partial charge in [-0.15, -0.1) is 0 Å². The molecule has 2 rings (SSSR count). The molecule has 7 nitrogen and oxygen atoms in total. The van der Waals surface area contributed by atoms with E-state index in [9.17, 15) is 13.2 Å². The van der Waals surface area contributed by atoms with Crippen molar-refractivity contribution in [3.8, 4) is 5.75 Å². The smallest absolute Gasteiger partial charge is 0.247 e. The Labute approximate surface area is 166 Å². The van der Waals surface area contributed by atoms with Gasteiger partial charge in [-0.2, -0.15) is 0 Å². The third-order valence-electron chi connectivity index (χ3n) is 4.00. The van der Waals surface area contributed by atoms with E-state index in [2.05, 4.69) is 5.32 Å². The molecule has 1 atom stereocenters. The van der Waals surface area contributed by atoms with Crippen LogP contribution in [0.3, 0.4) is 0 Å². The maximum atomic E-state index is 12.7. The quantitative estimate of drug-likeness (QED) is 0.692. The molecule has 0 aliphatic rings. The van der Waals surface area contributed by atoms with Crippen LogP contribution in [0.15, 0.2) is 48.5 Å². The first kappa shape index (κ1) is 21.7. The van der Waals surface area contributed by atoms with E-state index >= 15 is 0 Å². The number of carbonyl (C=O) groups excluding carboxylic acids is 1. The Bertz CT molecular complexity index is 897. The SMILES string of the molecule is CCOc1ccc(N([C@@H](C)C(=O)Nc2cccc(COC)c2)S(C)(=O)=O)cc1. The summed E-state index contributed by atoms with van der Waals surface area (Å²) in [5, 5.41) is 2.77. The summed E-state index contributed by atoms with van der Waals surface area (Å²) in [4.78, 5) is 12.7. The Morgan fingerprint density at radius 3 is 2.43 bits per heavy atom. The molecule has 0 spiro atoms. The van der Waals surface area contributed by atoms with Gasteiger partial charge < -0.3 is 14.8 Å². The average Bonchev–Trinajstić information content (AvgIpc) is 2.63. The molecule has 0 aromatic heterocycles. The summed E-state index contributed by atoms with van der Waals surface area (Å²) >= 11 is 0. The topological polar surface area (TPSA) is 84.9 Å². The predicted octanol–water partition coefficient (Wildman–Crippen LogP) is 3.02. The standard InChI is InChI=1S/C20H26N2O5S/c1-5-27-19-11-9-18(10-12-19)22(28(4,24)25)15(2)20(23)21-17-8-6-7-16(13-17)14-26-3/h6-13,15H,5,14H2,1-4H3,(H,21,23)/t15-/m0/s1. The van der Waals surface area contributed by atoms with E-state index in [1.54, 1.807) is 56.5 Å². The lowest BCUT2D eigenvalue weighted by atomic mass is 10.2. The number of methoxy groups -OCH3 is 1.